The Bertz CT molecular complexity index is 174. The van der Waals surface area contributed by atoms with Gasteiger partial charge in [0.25, 0.3) is 0 Å². The summed E-state index contributed by atoms with van der Waals surface area (Å²) in [6, 6.07) is 0. The third kappa shape index (κ3) is 7.38. The van der Waals surface area contributed by atoms with Gasteiger partial charge in [-0.05, 0) is 36.6 Å². The molecule has 3 nitrogen and oxygen atoms in total. The summed E-state index contributed by atoms with van der Waals surface area (Å²) in [7, 11) is 0. The lowest BCUT2D eigenvalue weighted by Crippen LogP contribution is -2.19. The van der Waals surface area contributed by atoms with Crippen molar-refractivity contribution in [2.75, 3.05) is 12.4 Å². The topological polar surface area (TPSA) is 29.5 Å². The van der Waals surface area contributed by atoms with Gasteiger partial charge in [-0.25, -0.2) is 4.79 Å². The van der Waals surface area contributed by atoms with Gasteiger partial charge in [-0.1, -0.05) is 27.7 Å². The Kier molecular flexibility index (Phi) is 7.27. The second-order valence-corrected chi connectivity index (χ2v) is 5.56. The predicted octanol–water partition coefficient (Wildman–Crippen LogP) is 3.23. The number of carbonyl (C=O) groups excluding carboxylic acids is 1. The molecule has 0 rings (SSSR count). The van der Waals surface area contributed by atoms with Crippen LogP contribution in [0.25, 0.3) is 0 Å². The summed E-state index contributed by atoms with van der Waals surface area (Å²) < 4.78 is 6.24. The lowest BCUT2D eigenvalue weighted by atomic mass is 10.2. The normalized spacial score (nSPS) is 10.8. The molecule has 0 unspecified atom stereocenters. The van der Waals surface area contributed by atoms with Crippen LogP contribution in [0.5, 0.6) is 0 Å². The van der Waals surface area contributed by atoms with Crippen LogP contribution in [-0.4, -0.2) is 22.2 Å². The number of carbonyl (C=O) groups is 1. The van der Waals surface area contributed by atoms with Gasteiger partial charge in [0, 0.05) is 5.75 Å². The van der Waals surface area contributed by atoms with Crippen LogP contribution in [0.2, 0.25) is 0 Å². The van der Waals surface area contributed by atoms with Crippen LogP contribution in [-0.2, 0) is 4.74 Å². The molecule has 5 heteroatoms. The van der Waals surface area contributed by atoms with E-state index in [1.54, 1.807) is 0 Å². The molecule has 1 amide bonds. The predicted molar refractivity (Wildman–Crippen MR) is 64.3 cm³/mol. The van der Waals surface area contributed by atoms with Crippen molar-refractivity contribution in [2.45, 2.75) is 27.7 Å². The molecule has 0 aromatic heterocycles. The number of amides is 1. The van der Waals surface area contributed by atoms with Crippen LogP contribution in [0.3, 0.4) is 0 Å². The van der Waals surface area contributed by atoms with Gasteiger partial charge in [-0.3, -0.25) is 0 Å². The molecule has 0 atom stereocenters. The van der Waals surface area contributed by atoms with E-state index in [1.165, 1.54) is 15.7 Å². The van der Waals surface area contributed by atoms with Crippen LogP contribution in [0.15, 0.2) is 0 Å². The van der Waals surface area contributed by atoms with E-state index in [9.17, 15) is 4.79 Å². The monoisotopic (exact) mass is 237 g/mol. The summed E-state index contributed by atoms with van der Waals surface area (Å²) in [4.78, 5) is 11.3. The smallest absolute Gasteiger partial charge is 0.430 e. The van der Waals surface area contributed by atoms with Crippen molar-refractivity contribution < 1.29 is 9.53 Å². The maximum absolute atomic E-state index is 11.3. The van der Waals surface area contributed by atoms with Crippen molar-refractivity contribution in [1.82, 2.24) is 3.71 Å². The van der Waals surface area contributed by atoms with Crippen LogP contribution in [0, 0.1) is 11.8 Å². The number of rotatable bonds is 5. The van der Waals surface area contributed by atoms with Crippen LogP contribution < -0.4 is 0 Å². The molecule has 0 aromatic carbocycles. The minimum absolute atomic E-state index is 0.357. The summed E-state index contributed by atoms with van der Waals surface area (Å²) in [5.41, 5.74) is 0. The maximum atomic E-state index is 11.3. The quantitative estimate of drug-likeness (QED) is 0.588. The molecule has 0 aliphatic carbocycles. The van der Waals surface area contributed by atoms with Gasteiger partial charge in [0.15, 0.2) is 0 Å². The van der Waals surface area contributed by atoms with Gasteiger partial charge in [0.05, 0.1) is 6.61 Å². The fraction of sp³-hybridized carbons (Fsp3) is 0.889. The Morgan fingerprint density at radius 2 is 1.93 bits per heavy atom. The second-order valence-electron chi connectivity index (χ2n) is 3.93. The molecule has 84 valence electrons. The SMILES string of the molecule is CC(C)COC(=O)N(S)SCC(C)C. The third-order valence-corrected chi connectivity index (χ3v) is 2.95. The Hall–Kier alpha value is -0.0300. The Morgan fingerprint density at radius 3 is 2.36 bits per heavy atom. The minimum atomic E-state index is -0.382. The van der Waals surface area contributed by atoms with E-state index in [0.717, 1.165) is 5.75 Å². The Morgan fingerprint density at radius 1 is 1.36 bits per heavy atom. The largest absolute Gasteiger partial charge is 0.448 e. The van der Waals surface area contributed by atoms with Crippen molar-refractivity contribution in [2.24, 2.45) is 11.8 Å². The minimum Gasteiger partial charge on any atom is -0.448 e. The second kappa shape index (κ2) is 7.29. The van der Waals surface area contributed by atoms with Crippen molar-refractivity contribution in [1.29, 1.82) is 0 Å². The number of nitrogens with zero attached hydrogens (tertiary/aromatic N) is 1. The molecule has 0 aliphatic heterocycles. The highest BCUT2D eigenvalue weighted by atomic mass is 32.2. The lowest BCUT2D eigenvalue weighted by Gasteiger charge is -2.16. The van der Waals surface area contributed by atoms with Gasteiger partial charge < -0.3 is 4.74 Å². The number of hydrogen-bond acceptors (Lipinski definition) is 4. The molecule has 0 aromatic rings. The number of ether oxygens (including phenoxy) is 1. The summed E-state index contributed by atoms with van der Waals surface area (Å²) in [5.74, 6) is 1.75. The van der Waals surface area contributed by atoms with Gasteiger partial charge in [0.2, 0.25) is 0 Å². The standard InChI is InChI=1S/C9H19NO2S2/c1-7(2)5-12-9(11)10(13)14-6-8(3)4/h7-8,13H,5-6H2,1-4H3. The van der Waals surface area contributed by atoms with Gasteiger partial charge in [0.1, 0.15) is 0 Å². The van der Waals surface area contributed by atoms with Crippen LogP contribution >= 0.6 is 24.8 Å². The molecule has 0 spiro atoms. The van der Waals surface area contributed by atoms with Crippen molar-refractivity contribution >= 4 is 30.9 Å². The van der Waals surface area contributed by atoms with Gasteiger partial charge in [-0.15, -0.1) is 0 Å². The molecule has 0 saturated carbocycles. The van der Waals surface area contributed by atoms with Crippen molar-refractivity contribution in [3.63, 3.8) is 0 Å². The fourth-order valence-corrected chi connectivity index (χ4v) is 1.42. The zero-order valence-electron chi connectivity index (χ0n) is 9.19. The zero-order valence-corrected chi connectivity index (χ0v) is 10.9. The van der Waals surface area contributed by atoms with Gasteiger partial charge in [-0.2, -0.15) is 3.71 Å². The number of hydrogen-bond donors (Lipinski definition) is 1. The van der Waals surface area contributed by atoms with E-state index in [1.807, 2.05) is 13.8 Å². The van der Waals surface area contributed by atoms with E-state index >= 15 is 0 Å². The zero-order chi connectivity index (χ0) is 11.1. The van der Waals surface area contributed by atoms with E-state index in [2.05, 4.69) is 26.7 Å². The Labute approximate surface area is 96.2 Å². The molecule has 0 N–H and O–H groups in total. The Balaban J connectivity index is 3.65. The first-order valence-corrected chi connectivity index (χ1v) is 6.06. The average molecular weight is 237 g/mol. The molecule has 0 heterocycles. The molecular formula is C9H19NO2S2. The van der Waals surface area contributed by atoms with Gasteiger partial charge >= 0.3 is 6.09 Å². The van der Waals surface area contributed by atoms with E-state index < -0.39 is 0 Å². The third-order valence-electron chi connectivity index (χ3n) is 1.23. The van der Waals surface area contributed by atoms with E-state index in [4.69, 9.17) is 4.74 Å². The first-order valence-electron chi connectivity index (χ1n) is 4.72. The van der Waals surface area contributed by atoms with Crippen LogP contribution in [0.1, 0.15) is 27.7 Å². The first kappa shape index (κ1) is 14.0. The highest BCUT2D eigenvalue weighted by molar-refractivity contribution is 8.06. The summed E-state index contributed by atoms with van der Waals surface area (Å²) in [6.07, 6.45) is -0.382. The lowest BCUT2D eigenvalue weighted by molar-refractivity contribution is 0.129. The highest BCUT2D eigenvalue weighted by Crippen LogP contribution is 2.17. The molecule has 0 saturated heterocycles. The van der Waals surface area contributed by atoms with Crippen molar-refractivity contribution in [3.05, 3.63) is 0 Å². The maximum Gasteiger partial charge on any atom is 0.430 e. The highest BCUT2D eigenvalue weighted by Gasteiger charge is 2.12. The molecule has 0 radical (unpaired) electrons. The molecule has 0 fully saturated rings. The van der Waals surface area contributed by atoms with E-state index in [0.29, 0.717) is 18.4 Å². The van der Waals surface area contributed by atoms with Crippen LogP contribution in [0.4, 0.5) is 4.79 Å². The molecule has 14 heavy (non-hydrogen) atoms. The summed E-state index contributed by atoms with van der Waals surface area (Å²) in [5, 5.41) is 0. The fourth-order valence-electron chi connectivity index (χ4n) is 0.566. The number of thiol groups is 1. The van der Waals surface area contributed by atoms with Crippen molar-refractivity contribution in [3.8, 4) is 0 Å². The summed E-state index contributed by atoms with van der Waals surface area (Å²) >= 11 is 5.39. The van der Waals surface area contributed by atoms with E-state index in [-0.39, 0.29) is 6.09 Å². The average Bonchev–Trinajstić information content (AvgIpc) is 2.09. The molecular weight excluding hydrogens is 218 g/mol. The first-order chi connectivity index (χ1) is 6.43. The molecule has 0 bridgehead atoms. The molecule has 0 aliphatic rings. The summed E-state index contributed by atoms with van der Waals surface area (Å²) in [6.45, 7) is 8.62.